The summed E-state index contributed by atoms with van der Waals surface area (Å²) in [5.74, 6) is 0.216. The first kappa shape index (κ1) is 20.2. The molecule has 1 fully saturated rings. The molecular weight excluding hydrogens is 386 g/mol. The Bertz CT molecular complexity index is 806. The van der Waals surface area contributed by atoms with E-state index in [1.165, 1.54) is 11.8 Å². The molecule has 2 aliphatic rings. The summed E-state index contributed by atoms with van der Waals surface area (Å²) in [4.78, 5) is 16.6. The van der Waals surface area contributed by atoms with Crippen LogP contribution in [0.15, 0.2) is 29.3 Å². The molecule has 0 aromatic heterocycles. The van der Waals surface area contributed by atoms with Crippen molar-refractivity contribution >= 4 is 38.4 Å². The molecule has 1 aromatic rings. The highest BCUT2D eigenvalue weighted by molar-refractivity contribution is 8.15. The molecule has 2 atom stereocenters. The minimum atomic E-state index is -2.94. The Labute approximate surface area is 164 Å². The van der Waals surface area contributed by atoms with E-state index in [1.54, 1.807) is 12.1 Å². The fourth-order valence-electron chi connectivity index (χ4n) is 2.94. The molecule has 2 aliphatic heterocycles. The quantitative estimate of drug-likeness (QED) is 0.666. The van der Waals surface area contributed by atoms with Gasteiger partial charge in [-0.2, -0.15) is 0 Å². The van der Waals surface area contributed by atoms with Gasteiger partial charge < -0.3 is 15.4 Å². The molecule has 0 spiro atoms. The van der Waals surface area contributed by atoms with Gasteiger partial charge >= 0.3 is 0 Å². The Hall–Kier alpha value is -1.58. The number of thioether (sulfide) groups is 1. The molecule has 3 rings (SSSR count). The number of ether oxygens (including phenoxy) is 1. The second-order valence-electron chi connectivity index (χ2n) is 6.97. The number of hydrogen-bond donors (Lipinski definition) is 2. The number of nitrogens with one attached hydrogen (secondary N) is 2. The minimum Gasteiger partial charge on any atom is -0.379 e. The van der Waals surface area contributed by atoms with Crippen LogP contribution < -0.4 is 10.6 Å². The van der Waals surface area contributed by atoms with E-state index in [1.807, 2.05) is 26.0 Å². The number of benzene rings is 1. The number of amidine groups is 1. The molecule has 0 radical (unpaired) electrons. The summed E-state index contributed by atoms with van der Waals surface area (Å²) in [6.45, 7) is 5.17. The first-order valence-corrected chi connectivity index (χ1v) is 11.7. The van der Waals surface area contributed by atoms with E-state index in [-0.39, 0.29) is 34.8 Å². The number of sulfone groups is 1. The van der Waals surface area contributed by atoms with Crippen molar-refractivity contribution in [3.05, 3.63) is 29.8 Å². The molecule has 7 nitrogen and oxygen atoms in total. The summed E-state index contributed by atoms with van der Waals surface area (Å²) in [7, 11) is -2.94. The maximum atomic E-state index is 12.1. The Morgan fingerprint density at radius 1 is 1.30 bits per heavy atom. The van der Waals surface area contributed by atoms with Gasteiger partial charge in [-0.25, -0.2) is 8.42 Å². The number of amides is 1. The SMILES string of the molecule is CC(C)OCCCNC(=O)c1ccc(NC2=N[C@H]3CS(=O)(=O)C[C@@H]3S2)cc1. The van der Waals surface area contributed by atoms with E-state index in [0.717, 1.165) is 17.3 Å². The molecule has 27 heavy (non-hydrogen) atoms. The van der Waals surface area contributed by atoms with Crippen molar-refractivity contribution in [1.82, 2.24) is 5.32 Å². The van der Waals surface area contributed by atoms with Gasteiger partial charge in [-0.15, -0.1) is 0 Å². The third-order valence-corrected chi connectivity index (χ3v) is 7.42. The van der Waals surface area contributed by atoms with E-state index in [2.05, 4.69) is 15.6 Å². The predicted molar refractivity (Wildman–Crippen MR) is 109 cm³/mol. The van der Waals surface area contributed by atoms with Gasteiger partial charge in [0.1, 0.15) is 0 Å². The summed E-state index contributed by atoms with van der Waals surface area (Å²) in [5.41, 5.74) is 1.42. The number of aliphatic imine (C=N–C) groups is 1. The van der Waals surface area contributed by atoms with Crippen molar-refractivity contribution in [2.75, 3.05) is 30.0 Å². The van der Waals surface area contributed by atoms with Gasteiger partial charge in [-0.3, -0.25) is 9.79 Å². The van der Waals surface area contributed by atoms with Crippen molar-refractivity contribution in [3.8, 4) is 0 Å². The monoisotopic (exact) mass is 411 g/mol. The maximum absolute atomic E-state index is 12.1. The largest absolute Gasteiger partial charge is 0.379 e. The van der Waals surface area contributed by atoms with Gasteiger partial charge in [-0.1, -0.05) is 11.8 Å². The van der Waals surface area contributed by atoms with Crippen LogP contribution in [0.5, 0.6) is 0 Å². The standard InChI is InChI=1S/C18H25N3O4S2/c1-12(2)25-9-3-8-19-17(22)13-4-6-14(7-5-13)20-18-21-15-10-27(23,24)11-16(15)26-18/h4-7,12,15-16H,3,8-11H2,1-2H3,(H,19,22)(H,20,21)/t15-,16-/m0/s1. The minimum absolute atomic E-state index is 0.0160. The van der Waals surface area contributed by atoms with E-state index in [4.69, 9.17) is 4.74 Å². The Morgan fingerprint density at radius 2 is 2.04 bits per heavy atom. The average molecular weight is 412 g/mol. The lowest BCUT2D eigenvalue weighted by Gasteiger charge is -2.09. The topological polar surface area (TPSA) is 96.9 Å². The highest BCUT2D eigenvalue weighted by atomic mass is 32.2. The number of carbonyl (C=O) groups excluding carboxylic acids is 1. The van der Waals surface area contributed by atoms with E-state index in [0.29, 0.717) is 18.7 Å². The van der Waals surface area contributed by atoms with Crippen molar-refractivity contribution in [2.24, 2.45) is 4.99 Å². The lowest BCUT2D eigenvalue weighted by atomic mass is 10.2. The van der Waals surface area contributed by atoms with Gasteiger partial charge in [0.25, 0.3) is 5.91 Å². The number of nitrogens with zero attached hydrogens (tertiary/aromatic N) is 1. The van der Waals surface area contributed by atoms with Crippen LogP contribution in [0.25, 0.3) is 0 Å². The van der Waals surface area contributed by atoms with Crippen molar-refractivity contribution in [1.29, 1.82) is 0 Å². The van der Waals surface area contributed by atoms with E-state index < -0.39 is 9.84 Å². The van der Waals surface area contributed by atoms with Crippen LogP contribution in [-0.2, 0) is 14.6 Å². The number of hydrogen-bond acceptors (Lipinski definition) is 7. The van der Waals surface area contributed by atoms with E-state index >= 15 is 0 Å². The highest BCUT2D eigenvalue weighted by Gasteiger charge is 2.42. The molecular formula is C18H25N3O4S2. The third kappa shape index (κ3) is 5.70. The van der Waals surface area contributed by atoms with Crippen molar-refractivity contribution in [2.45, 2.75) is 37.7 Å². The number of anilines is 1. The van der Waals surface area contributed by atoms with Gasteiger partial charge in [-0.05, 0) is 44.5 Å². The first-order chi connectivity index (χ1) is 12.8. The van der Waals surface area contributed by atoms with Crippen molar-refractivity contribution in [3.63, 3.8) is 0 Å². The first-order valence-electron chi connectivity index (χ1n) is 9.04. The number of rotatable bonds is 7. The third-order valence-electron chi connectivity index (χ3n) is 4.27. The van der Waals surface area contributed by atoms with Crippen LogP contribution in [0, 0.1) is 0 Å². The molecule has 2 N–H and O–H groups in total. The molecule has 0 saturated carbocycles. The molecule has 1 aromatic carbocycles. The number of carbonyl (C=O) groups is 1. The Kier molecular flexibility index (Phi) is 6.44. The van der Waals surface area contributed by atoms with E-state index in [9.17, 15) is 13.2 Å². The van der Waals surface area contributed by atoms with Crippen LogP contribution in [0.4, 0.5) is 5.69 Å². The van der Waals surface area contributed by atoms with Crippen LogP contribution in [0.3, 0.4) is 0 Å². The zero-order valence-electron chi connectivity index (χ0n) is 15.5. The molecule has 0 aliphatic carbocycles. The lowest BCUT2D eigenvalue weighted by molar-refractivity contribution is 0.0757. The summed E-state index contributed by atoms with van der Waals surface area (Å²) >= 11 is 1.48. The molecule has 2 heterocycles. The smallest absolute Gasteiger partial charge is 0.251 e. The number of fused-ring (bicyclic) bond motifs is 1. The van der Waals surface area contributed by atoms with Gasteiger partial charge in [0, 0.05) is 29.7 Å². The molecule has 0 unspecified atom stereocenters. The predicted octanol–water partition coefficient (Wildman–Crippen LogP) is 1.91. The Balaban J connectivity index is 1.46. The average Bonchev–Trinajstić information content (AvgIpc) is 3.07. The molecule has 148 valence electrons. The van der Waals surface area contributed by atoms with Crippen LogP contribution >= 0.6 is 11.8 Å². The molecule has 0 bridgehead atoms. The Morgan fingerprint density at radius 3 is 2.70 bits per heavy atom. The fraction of sp³-hybridized carbons (Fsp3) is 0.556. The summed E-state index contributed by atoms with van der Waals surface area (Å²) in [6.07, 6.45) is 0.978. The highest BCUT2D eigenvalue weighted by Crippen LogP contribution is 2.34. The van der Waals surface area contributed by atoms with Gasteiger partial charge in [0.15, 0.2) is 15.0 Å². The lowest BCUT2D eigenvalue weighted by Crippen LogP contribution is -2.25. The van der Waals surface area contributed by atoms with Crippen LogP contribution in [0.2, 0.25) is 0 Å². The molecule has 1 saturated heterocycles. The summed E-state index contributed by atoms with van der Waals surface area (Å²) in [5, 5.41) is 6.83. The molecule has 9 heteroatoms. The van der Waals surface area contributed by atoms with Gasteiger partial charge in [0.05, 0.1) is 23.7 Å². The molecule has 1 amide bonds. The normalized spacial score (nSPS) is 23.1. The van der Waals surface area contributed by atoms with Crippen LogP contribution in [0.1, 0.15) is 30.6 Å². The maximum Gasteiger partial charge on any atom is 0.251 e. The summed E-state index contributed by atoms with van der Waals surface area (Å²) < 4.78 is 28.6. The summed E-state index contributed by atoms with van der Waals surface area (Å²) in [6, 6.07) is 7.02. The zero-order chi connectivity index (χ0) is 19.4. The fourth-order valence-corrected chi connectivity index (χ4v) is 6.62. The second-order valence-corrected chi connectivity index (χ2v) is 10.3. The van der Waals surface area contributed by atoms with Crippen molar-refractivity contribution < 1.29 is 17.9 Å². The zero-order valence-corrected chi connectivity index (χ0v) is 17.1. The second kappa shape index (κ2) is 8.62. The van der Waals surface area contributed by atoms with Gasteiger partial charge in [0.2, 0.25) is 0 Å². The van der Waals surface area contributed by atoms with Crippen LogP contribution in [-0.4, -0.2) is 61.5 Å².